The minimum atomic E-state index is -2.71. The number of hydrogen-bond acceptors (Lipinski definition) is 7. The van der Waals surface area contributed by atoms with E-state index in [0.717, 1.165) is 12.2 Å². The molecular weight excluding hydrogens is 288 g/mol. The first-order chi connectivity index (χ1) is 9.07. The maximum absolute atomic E-state index is 5.78. The summed E-state index contributed by atoms with van der Waals surface area (Å²) in [5, 5.41) is 0. The van der Waals surface area contributed by atoms with Crippen LogP contribution in [-0.2, 0) is 27.5 Å². The van der Waals surface area contributed by atoms with E-state index >= 15 is 0 Å². The molecule has 0 aromatic carbocycles. The summed E-state index contributed by atoms with van der Waals surface area (Å²) in [5.74, 6) is -0.335. The molecular formula is C11H26O6SSi. The molecule has 0 aromatic rings. The van der Waals surface area contributed by atoms with Crippen molar-refractivity contribution in [2.45, 2.75) is 24.9 Å². The lowest BCUT2D eigenvalue weighted by Crippen LogP contribution is -2.47. The van der Waals surface area contributed by atoms with E-state index in [1.807, 2.05) is 0 Å². The molecule has 0 spiro atoms. The van der Waals surface area contributed by atoms with Crippen molar-refractivity contribution in [1.29, 1.82) is 0 Å². The first kappa shape index (κ1) is 19.3. The highest BCUT2D eigenvalue weighted by Crippen LogP contribution is 2.26. The molecule has 0 N–H and O–H groups in total. The fourth-order valence-corrected chi connectivity index (χ4v) is 3.78. The van der Waals surface area contributed by atoms with E-state index in [-0.39, 0.29) is 0 Å². The van der Waals surface area contributed by atoms with E-state index in [4.69, 9.17) is 27.5 Å². The molecule has 6 nitrogen and oxygen atoms in total. The Hall–Kier alpha value is 0.327. The van der Waals surface area contributed by atoms with Crippen LogP contribution in [0.5, 0.6) is 0 Å². The average Bonchev–Trinajstić information content (AvgIpc) is 2.47. The standard InChI is InChI=1S/C11H26O6SSi/c1-12-11(13-2,14-3)7-10-19(15-4,16-5)17-8-6-9-18/h18H,6-10H2,1-5H3. The summed E-state index contributed by atoms with van der Waals surface area (Å²) in [7, 11) is 5.04. The van der Waals surface area contributed by atoms with Gasteiger partial charge in [-0.15, -0.1) is 0 Å². The molecule has 0 fully saturated rings. The summed E-state index contributed by atoms with van der Waals surface area (Å²) in [6, 6.07) is 0.530. The maximum atomic E-state index is 5.78. The molecule has 0 amide bonds. The normalized spacial score (nSPS) is 12.9. The fraction of sp³-hybridized carbons (Fsp3) is 1.00. The van der Waals surface area contributed by atoms with Gasteiger partial charge in [-0.25, -0.2) is 0 Å². The molecule has 116 valence electrons. The largest absolute Gasteiger partial charge is 0.500 e. The lowest BCUT2D eigenvalue weighted by Gasteiger charge is -2.32. The number of thiol groups is 1. The number of rotatable bonds is 12. The van der Waals surface area contributed by atoms with Crippen LogP contribution in [0.15, 0.2) is 0 Å². The van der Waals surface area contributed by atoms with Gasteiger partial charge in [0.1, 0.15) is 0 Å². The maximum Gasteiger partial charge on any atom is 0.500 e. The van der Waals surface area contributed by atoms with Crippen molar-refractivity contribution >= 4 is 21.4 Å². The summed E-state index contributed by atoms with van der Waals surface area (Å²) in [5.41, 5.74) is 0. The van der Waals surface area contributed by atoms with Gasteiger partial charge in [-0.1, -0.05) is 0 Å². The second kappa shape index (κ2) is 10.1. The Morgan fingerprint density at radius 2 is 1.47 bits per heavy atom. The van der Waals surface area contributed by atoms with Crippen molar-refractivity contribution in [3.8, 4) is 0 Å². The van der Waals surface area contributed by atoms with Gasteiger partial charge >= 0.3 is 8.80 Å². The van der Waals surface area contributed by atoms with Crippen LogP contribution in [0.4, 0.5) is 0 Å². The van der Waals surface area contributed by atoms with Gasteiger partial charge in [0.15, 0.2) is 0 Å². The molecule has 0 heterocycles. The highest BCUT2D eigenvalue weighted by Gasteiger charge is 2.43. The Kier molecular flexibility index (Phi) is 10.3. The third-order valence-electron chi connectivity index (χ3n) is 2.92. The Morgan fingerprint density at radius 3 is 1.84 bits per heavy atom. The molecule has 0 aliphatic heterocycles. The van der Waals surface area contributed by atoms with E-state index < -0.39 is 14.8 Å². The molecule has 0 saturated heterocycles. The number of ether oxygens (including phenoxy) is 3. The van der Waals surface area contributed by atoms with Crippen LogP contribution < -0.4 is 0 Å². The van der Waals surface area contributed by atoms with E-state index in [2.05, 4.69) is 12.6 Å². The van der Waals surface area contributed by atoms with Crippen molar-refractivity contribution in [2.75, 3.05) is 47.9 Å². The molecule has 8 heteroatoms. The Morgan fingerprint density at radius 1 is 0.947 bits per heavy atom. The second-order valence-electron chi connectivity index (χ2n) is 3.81. The molecule has 0 aliphatic carbocycles. The van der Waals surface area contributed by atoms with Gasteiger partial charge in [-0.05, 0) is 12.2 Å². The molecule has 0 aliphatic rings. The summed E-state index contributed by atoms with van der Waals surface area (Å²) >= 11 is 4.15. The Balaban J connectivity index is 4.55. The van der Waals surface area contributed by atoms with Crippen LogP contribution in [-0.4, -0.2) is 62.7 Å². The topological polar surface area (TPSA) is 55.4 Å². The molecule has 0 aromatic heterocycles. The van der Waals surface area contributed by atoms with E-state index in [1.165, 1.54) is 21.3 Å². The van der Waals surface area contributed by atoms with Crippen LogP contribution in [0.3, 0.4) is 0 Å². The van der Waals surface area contributed by atoms with Gasteiger partial charge in [0.25, 0.3) is 5.97 Å². The zero-order chi connectivity index (χ0) is 14.8. The van der Waals surface area contributed by atoms with Crippen molar-refractivity contribution in [1.82, 2.24) is 0 Å². The lowest BCUT2D eigenvalue weighted by molar-refractivity contribution is -0.353. The second-order valence-corrected chi connectivity index (χ2v) is 7.23. The smallest absolute Gasteiger partial charge is 0.377 e. The van der Waals surface area contributed by atoms with Crippen LogP contribution in [0.25, 0.3) is 0 Å². The molecule has 0 atom stereocenters. The van der Waals surface area contributed by atoms with Crippen LogP contribution in [0.1, 0.15) is 12.8 Å². The van der Waals surface area contributed by atoms with Gasteiger partial charge in [0, 0.05) is 54.6 Å². The molecule has 0 rings (SSSR count). The van der Waals surface area contributed by atoms with Crippen molar-refractivity contribution in [3.05, 3.63) is 0 Å². The third kappa shape index (κ3) is 6.09. The van der Waals surface area contributed by atoms with E-state index in [0.29, 0.717) is 19.1 Å². The monoisotopic (exact) mass is 314 g/mol. The van der Waals surface area contributed by atoms with Crippen molar-refractivity contribution in [2.24, 2.45) is 0 Å². The fourth-order valence-electron chi connectivity index (χ4n) is 1.63. The van der Waals surface area contributed by atoms with Gasteiger partial charge in [-0.2, -0.15) is 12.6 Å². The van der Waals surface area contributed by atoms with Crippen molar-refractivity contribution in [3.63, 3.8) is 0 Å². The predicted molar refractivity (Wildman–Crippen MR) is 77.4 cm³/mol. The third-order valence-corrected chi connectivity index (χ3v) is 5.98. The van der Waals surface area contributed by atoms with Crippen LogP contribution >= 0.6 is 12.6 Å². The van der Waals surface area contributed by atoms with Gasteiger partial charge in [0.05, 0.1) is 0 Å². The quantitative estimate of drug-likeness (QED) is 0.255. The van der Waals surface area contributed by atoms with Gasteiger partial charge < -0.3 is 27.5 Å². The Labute approximate surface area is 122 Å². The summed E-state index contributed by atoms with van der Waals surface area (Å²) < 4.78 is 32.4. The van der Waals surface area contributed by atoms with Crippen molar-refractivity contribution < 1.29 is 27.5 Å². The SMILES string of the molecule is COC(CC[Si](OC)(OC)OCCCS)(OC)OC. The summed E-state index contributed by atoms with van der Waals surface area (Å²) in [6.45, 7) is 0.553. The zero-order valence-corrected chi connectivity index (χ0v) is 14.3. The zero-order valence-electron chi connectivity index (χ0n) is 12.4. The Bertz CT molecular complexity index is 215. The van der Waals surface area contributed by atoms with Gasteiger partial charge in [-0.3, -0.25) is 0 Å². The summed E-state index contributed by atoms with van der Waals surface area (Å²) in [6.07, 6.45) is 1.29. The van der Waals surface area contributed by atoms with Crippen LogP contribution in [0, 0.1) is 0 Å². The highest BCUT2D eigenvalue weighted by atomic mass is 32.1. The van der Waals surface area contributed by atoms with Crippen LogP contribution in [0.2, 0.25) is 6.04 Å². The average molecular weight is 314 g/mol. The molecule has 19 heavy (non-hydrogen) atoms. The first-order valence-electron chi connectivity index (χ1n) is 6.08. The lowest BCUT2D eigenvalue weighted by atomic mass is 10.4. The highest BCUT2D eigenvalue weighted by molar-refractivity contribution is 7.80. The molecule has 0 unspecified atom stereocenters. The minimum absolute atomic E-state index is 0.450. The van der Waals surface area contributed by atoms with Gasteiger partial charge in [0.2, 0.25) is 0 Å². The first-order valence-corrected chi connectivity index (χ1v) is 8.64. The minimum Gasteiger partial charge on any atom is -0.377 e. The molecule has 0 saturated carbocycles. The van der Waals surface area contributed by atoms with E-state index in [9.17, 15) is 0 Å². The number of methoxy groups -OCH3 is 3. The molecule has 0 radical (unpaired) electrons. The summed E-state index contributed by atoms with van der Waals surface area (Å²) in [4.78, 5) is 0. The molecule has 0 bridgehead atoms. The van der Waals surface area contributed by atoms with E-state index in [1.54, 1.807) is 14.2 Å². The number of hydrogen-bond donors (Lipinski definition) is 1. The predicted octanol–water partition coefficient (Wildman–Crippen LogP) is 1.54.